The molecule has 0 spiro atoms. The maximum atomic E-state index is 11.5. The van der Waals surface area contributed by atoms with Crippen LogP contribution >= 0.6 is 0 Å². The molecule has 1 atom stereocenters. The number of rotatable bonds is 10. The fourth-order valence-electron chi connectivity index (χ4n) is 1.39. The number of hydrogen-bond donors (Lipinski definition) is 3. The van der Waals surface area contributed by atoms with Crippen molar-refractivity contribution >= 4 is 11.8 Å². The zero-order chi connectivity index (χ0) is 13.8. The average molecular weight is 259 g/mol. The molecule has 6 heteroatoms. The summed E-state index contributed by atoms with van der Waals surface area (Å²) in [5.41, 5.74) is 5.47. The predicted molar refractivity (Wildman–Crippen MR) is 70.0 cm³/mol. The minimum Gasteiger partial charge on any atom is -0.377 e. The van der Waals surface area contributed by atoms with Gasteiger partial charge in [-0.25, -0.2) is 0 Å². The van der Waals surface area contributed by atoms with Gasteiger partial charge in [0.05, 0.1) is 12.5 Å². The van der Waals surface area contributed by atoms with Crippen LogP contribution in [0.15, 0.2) is 0 Å². The van der Waals surface area contributed by atoms with Crippen LogP contribution in [-0.2, 0) is 14.3 Å². The first-order valence-corrected chi connectivity index (χ1v) is 6.49. The summed E-state index contributed by atoms with van der Waals surface area (Å²) in [4.78, 5) is 22.8. The Balaban J connectivity index is 3.66. The number of nitrogens with one attached hydrogen (secondary N) is 2. The lowest BCUT2D eigenvalue weighted by atomic mass is 10.2. The monoisotopic (exact) mass is 259 g/mol. The molecule has 0 saturated heterocycles. The number of carbonyl (C=O) groups is 2. The van der Waals surface area contributed by atoms with Gasteiger partial charge in [0, 0.05) is 32.7 Å². The first-order valence-electron chi connectivity index (χ1n) is 6.49. The Morgan fingerprint density at radius 2 is 1.83 bits per heavy atom. The van der Waals surface area contributed by atoms with Crippen LogP contribution in [0.5, 0.6) is 0 Å². The van der Waals surface area contributed by atoms with Gasteiger partial charge >= 0.3 is 0 Å². The fourth-order valence-corrected chi connectivity index (χ4v) is 1.39. The van der Waals surface area contributed by atoms with E-state index in [0.717, 1.165) is 6.42 Å². The van der Waals surface area contributed by atoms with Gasteiger partial charge in [0.1, 0.15) is 0 Å². The second-order valence-electron chi connectivity index (χ2n) is 3.97. The highest BCUT2D eigenvalue weighted by Crippen LogP contribution is 1.96. The highest BCUT2D eigenvalue weighted by molar-refractivity contribution is 5.79. The van der Waals surface area contributed by atoms with Crippen LogP contribution in [0.1, 0.15) is 33.1 Å². The van der Waals surface area contributed by atoms with Crippen LogP contribution < -0.4 is 16.4 Å². The maximum absolute atomic E-state index is 11.5. The Hall–Kier alpha value is -1.14. The number of ether oxygens (including phenoxy) is 1. The van der Waals surface area contributed by atoms with Gasteiger partial charge in [0.25, 0.3) is 0 Å². The van der Waals surface area contributed by atoms with Gasteiger partial charge < -0.3 is 21.1 Å². The summed E-state index contributed by atoms with van der Waals surface area (Å²) in [5, 5.41) is 5.42. The van der Waals surface area contributed by atoms with Crippen molar-refractivity contribution in [2.75, 3.05) is 26.2 Å². The summed E-state index contributed by atoms with van der Waals surface area (Å²) in [6.45, 7) is 5.72. The Morgan fingerprint density at radius 1 is 1.17 bits per heavy atom. The summed E-state index contributed by atoms with van der Waals surface area (Å²) in [7, 11) is 0. The van der Waals surface area contributed by atoms with Crippen molar-refractivity contribution < 1.29 is 14.3 Å². The van der Waals surface area contributed by atoms with E-state index in [4.69, 9.17) is 10.5 Å². The van der Waals surface area contributed by atoms with Crippen LogP contribution in [0.25, 0.3) is 0 Å². The van der Waals surface area contributed by atoms with Crippen LogP contribution in [0.4, 0.5) is 0 Å². The number of nitrogens with two attached hydrogens (primary N) is 1. The molecule has 0 bridgehead atoms. The van der Waals surface area contributed by atoms with Gasteiger partial charge in [-0.05, 0) is 13.3 Å². The van der Waals surface area contributed by atoms with Crippen LogP contribution in [-0.4, -0.2) is 44.2 Å². The van der Waals surface area contributed by atoms with Crippen molar-refractivity contribution in [1.82, 2.24) is 10.6 Å². The summed E-state index contributed by atoms with van der Waals surface area (Å²) < 4.78 is 5.28. The van der Waals surface area contributed by atoms with E-state index in [0.29, 0.717) is 32.7 Å². The smallest absolute Gasteiger partial charge is 0.222 e. The van der Waals surface area contributed by atoms with Crippen molar-refractivity contribution in [2.24, 2.45) is 5.73 Å². The van der Waals surface area contributed by atoms with E-state index >= 15 is 0 Å². The quantitative estimate of drug-likeness (QED) is 0.505. The second kappa shape index (κ2) is 11.0. The van der Waals surface area contributed by atoms with Gasteiger partial charge in [-0.2, -0.15) is 0 Å². The van der Waals surface area contributed by atoms with Gasteiger partial charge in [-0.3, -0.25) is 9.59 Å². The Morgan fingerprint density at radius 3 is 2.39 bits per heavy atom. The summed E-state index contributed by atoms with van der Waals surface area (Å²) in [5.74, 6) is -0.181. The van der Waals surface area contributed by atoms with E-state index in [2.05, 4.69) is 10.6 Å². The lowest BCUT2D eigenvalue weighted by Crippen LogP contribution is -2.35. The SMILES string of the molecule is CCCNC(=O)CCNC(=O)CC(CN)OCC. The Kier molecular flexibility index (Phi) is 10.3. The molecule has 0 aliphatic carbocycles. The van der Waals surface area contributed by atoms with E-state index in [-0.39, 0.29) is 24.3 Å². The first-order chi connectivity index (χ1) is 8.63. The molecule has 6 nitrogen and oxygen atoms in total. The highest BCUT2D eigenvalue weighted by atomic mass is 16.5. The average Bonchev–Trinajstić information content (AvgIpc) is 2.35. The molecule has 0 aromatic carbocycles. The van der Waals surface area contributed by atoms with Gasteiger partial charge in [-0.1, -0.05) is 6.92 Å². The van der Waals surface area contributed by atoms with Gasteiger partial charge in [-0.15, -0.1) is 0 Å². The highest BCUT2D eigenvalue weighted by Gasteiger charge is 2.12. The van der Waals surface area contributed by atoms with Crippen LogP contribution in [0.3, 0.4) is 0 Å². The van der Waals surface area contributed by atoms with Crippen LogP contribution in [0.2, 0.25) is 0 Å². The largest absolute Gasteiger partial charge is 0.377 e. The molecule has 0 aromatic rings. The molecule has 2 amide bonds. The molecule has 0 radical (unpaired) electrons. The Bertz CT molecular complexity index is 247. The number of carbonyl (C=O) groups excluding carboxylic acids is 2. The van der Waals surface area contributed by atoms with Crippen molar-refractivity contribution in [1.29, 1.82) is 0 Å². The van der Waals surface area contributed by atoms with Gasteiger partial charge in [0.2, 0.25) is 11.8 Å². The molecule has 0 heterocycles. The summed E-state index contributed by atoms with van der Waals surface area (Å²) in [6.07, 6.45) is 1.20. The summed E-state index contributed by atoms with van der Waals surface area (Å²) in [6, 6.07) is 0. The molecule has 1 unspecified atom stereocenters. The molecule has 0 aliphatic rings. The third-order valence-electron chi connectivity index (χ3n) is 2.32. The third-order valence-corrected chi connectivity index (χ3v) is 2.32. The van der Waals surface area contributed by atoms with Crippen molar-refractivity contribution in [2.45, 2.75) is 39.2 Å². The maximum Gasteiger partial charge on any atom is 0.222 e. The molecule has 0 rings (SSSR count). The standard InChI is InChI=1S/C12H25N3O3/c1-3-6-14-11(16)5-7-15-12(17)8-10(9-13)18-4-2/h10H,3-9,13H2,1-2H3,(H,14,16)(H,15,17). The molecular formula is C12H25N3O3. The molecule has 0 aromatic heterocycles. The lowest BCUT2D eigenvalue weighted by Gasteiger charge is -2.14. The normalized spacial score (nSPS) is 11.9. The molecule has 4 N–H and O–H groups in total. The molecule has 106 valence electrons. The third kappa shape index (κ3) is 8.95. The topological polar surface area (TPSA) is 93.5 Å². The molecule has 0 saturated carbocycles. The van der Waals surface area contributed by atoms with Crippen LogP contribution in [0, 0.1) is 0 Å². The summed E-state index contributed by atoms with van der Waals surface area (Å²) >= 11 is 0. The molecule has 0 fully saturated rings. The Labute approximate surface area is 109 Å². The minimum absolute atomic E-state index is 0.0441. The van der Waals surface area contributed by atoms with Crippen molar-refractivity contribution in [3.63, 3.8) is 0 Å². The second-order valence-corrected chi connectivity index (χ2v) is 3.97. The van der Waals surface area contributed by atoms with E-state index in [1.54, 1.807) is 0 Å². The lowest BCUT2D eigenvalue weighted by molar-refractivity contribution is -0.124. The molecule has 18 heavy (non-hydrogen) atoms. The molecule has 0 aliphatic heterocycles. The first kappa shape index (κ1) is 16.9. The van der Waals surface area contributed by atoms with E-state index in [9.17, 15) is 9.59 Å². The number of amides is 2. The van der Waals surface area contributed by atoms with E-state index in [1.165, 1.54) is 0 Å². The zero-order valence-corrected chi connectivity index (χ0v) is 11.3. The minimum atomic E-state index is -0.246. The fraction of sp³-hybridized carbons (Fsp3) is 0.833. The van der Waals surface area contributed by atoms with Crippen molar-refractivity contribution in [3.8, 4) is 0 Å². The van der Waals surface area contributed by atoms with E-state index in [1.807, 2.05) is 13.8 Å². The van der Waals surface area contributed by atoms with Gasteiger partial charge in [0.15, 0.2) is 0 Å². The van der Waals surface area contributed by atoms with Crippen molar-refractivity contribution in [3.05, 3.63) is 0 Å². The van der Waals surface area contributed by atoms with E-state index < -0.39 is 0 Å². The predicted octanol–water partition coefficient (Wildman–Crippen LogP) is -0.227. The number of hydrogen-bond acceptors (Lipinski definition) is 4. The zero-order valence-electron chi connectivity index (χ0n) is 11.3. The molecular weight excluding hydrogens is 234 g/mol.